The van der Waals surface area contributed by atoms with Crippen LogP contribution < -0.4 is 0 Å². The molecule has 1 aliphatic rings. The fraction of sp³-hybridized carbons (Fsp3) is 0.312. The number of aromatic nitrogens is 2. The van der Waals surface area contributed by atoms with E-state index in [0.717, 1.165) is 24.3 Å². The lowest BCUT2D eigenvalue weighted by molar-refractivity contribution is -0.0334. The Morgan fingerprint density at radius 1 is 1.36 bits per heavy atom. The second-order valence-electron chi connectivity index (χ2n) is 5.20. The summed E-state index contributed by atoms with van der Waals surface area (Å²) < 4.78 is 5.80. The zero-order valence-electron chi connectivity index (χ0n) is 12.1. The van der Waals surface area contributed by atoms with Gasteiger partial charge < -0.3 is 9.84 Å². The van der Waals surface area contributed by atoms with Crippen molar-refractivity contribution in [2.75, 3.05) is 19.7 Å². The summed E-state index contributed by atoms with van der Waals surface area (Å²) in [6, 6.07) is 8.98. The number of aromatic carboxylic acids is 1. The van der Waals surface area contributed by atoms with Crippen molar-refractivity contribution in [3.8, 4) is 0 Å². The van der Waals surface area contributed by atoms with E-state index < -0.39 is 5.97 Å². The fourth-order valence-corrected chi connectivity index (χ4v) is 2.53. The SMILES string of the molecule is O=C(O)c1cccc(CN2CCOC(c3cccnc3)C2)n1. The molecule has 3 rings (SSSR count). The third kappa shape index (κ3) is 3.47. The van der Waals surface area contributed by atoms with Crippen LogP contribution in [0.15, 0.2) is 42.7 Å². The van der Waals surface area contributed by atoms with Crippen LogP contribution in [-0.2, 0) is 11.3 Å². The van der Waals surface area contributed by atoms with E-state index in [0.29, 0.717) is 13.2 Å². The van der Waals surface area contributed by atoms with E-state index in [1.54, 1.807) is 12.3 Å². The highest BCUT2D eigenvalue weighted by atomic mass is 16.5. The summed E-state index contributed by atoms with van der Waals surface area (Å²) >= 11 is 0. The van der Waals surface area contributed by atoms with Gasteiger partial charge in [0.15, 0.2) is 0 Å². The van der Waals surface area contributed by atoms with E-state index in [1.807, 2.05) is 24.4 Å². The number of carboxylic acid groups (broad SMARTS) is 1. The van der Waals surface area contributed by atoms with Crippen LogP contribution in [0.4, 0.5) is 0 Å². The molecular formula is C16H17N3O3. The summed E-state index contributed by atoms with van der Waals surface area (Å²) in [4.78, 5) is 21.5. The Balaban J connectivity index is 1.68. The smallest absolute Gasteiger partial charge is 0.354 e. The summed E-state index contributed by atoms with van der Waals surface area (Å²) in [6.45, 7) is 2.79. The Bertz CT molecular complexity index is 648. The summed E-state index contributed by atoms with van der Waals surface area (Å²) in [5.41, 5.74) is 1.89. The Morgan fingerprint density at radius 2 is 2.27 bits per heavy atom. The predicted octanol–water partition coefficient (Wildman–Crippen LogP) is 1.75. The van der Waals surface area contributed by atoms with Crippen molar-refractivity contribution < 1.29 is 14.6 Å². The molecule has 114 valence electrons. The molecule has 2 aromatic rings. The molecule has 1 fully saturated rings. The molecule has 0 aliphatic carbocycles. The Labute approximate surface area is 128 Å². The summed E-state index contributed by atoms with van der Waals surface area (Å²) in [5, 5.41) is 9.00. The van der Waals surface area contributed by atoms with E-state index in [1.165, 1.54) is 6.07 Å². The van der Waals surface area contributed by atoms with Crippen LogP contribution in [0.25, 0.3) is 0 Å². The first-order chi connectivity index (χ1) is 10.7. The number of carboxylic acids is 1. The van der Waals surface area contributed by atoms with Crippen LogP contribution >= 0.6 is 0 Å². The van der Waals surface area contributed by atoms with Crippen LogP contribution in [0.3, 0.4) is 0 Å². The molecule has 1 saturated heterocycles. The molecule has 6 nitrogen and oxygen atoms in total. The maximum Gasteiger partial charge on any atom is 0.354 e. The number of morpholine rings is 1. The third-order valence-electron chi connectivity index (χ3n) is 3.62. The van der Waals surface area contributed by atoms with Crippen LogP contribution in [0.5, 0.6) is 0 Å². The van der Waals surface area contributed by atoms with E-state index >= 15 is 0 Å². The minimum Gasteiger partial charge on any atom is -0.477 e. The monoisotopic (exact) mass is 299 g/mol. The highest BCUT2D eigenvalue weighted by molar-refractivity contribution is 5.85. The van der Waals surface area contributed by atoms with Crippen molar-refractivity contribution in [3.63, 3.8) is 0 Å². The quantitative estimate of drug-likeness (QED) is 0.927. The Morgan fingerprint density at radius 3 is 3.05 bits per heavy atom. The zero-order valence-corrected chi connectivity index (χ0v) is 12.1. The molecule has 1 unspecified atom stereocenters. The fourth-order valence-electron chi connectivity index (χ4n) is 2.53. The lowest BCUT2D eigenvalue weighted by Crippen LogP contribution is -2.38. The van der Waals surface area contributed by atoms with Gasteiger partial charge in [0, 0.05) is 37.6 Å². The van der Waals surface area contributed by atoms with Gasteiger partial charge in [-0.2, -0.15) is 0 Å². The van der Waals surface area contributed by atoms with Gasteiger partial charge in [-0.05, 0) is 18.2 Å². The minimum absolute atomic E-state index is 0.00916. The van der Waals surface area contributed by atoms with Gasteiger partial charge in [-0.3, -0.25) is 9.88 Å². The molecule has 0 aromatic carbocycles. The van der Waals surface area contributed by atoms with Crippen molar-refractivity contribution in [1.29, 1.82) is 0 Å². The molecule has 2 aromatic heterocycles. The van der Waals surface area contributed by atoms with Gasteiger partial charge >= 0.3 is 5.97 Å². The lowest BCUT2D eigenvalue weighted by atomic mass is 10.1. The average Bonchev–Trinajstić information content (AvgIpc) is 2.56. The van der Waals surface area contributed by atoms with Crippen molar-refractivity contribution in [3.05, 3.63) is 59.7 Å². The second kappa shape index (κ2) is 6.64. The van der Waals surface area contributed by atoms with Gasteiger partial charge in [-0.1, -0.05) is 12.1 Å². The number of hydrogen-bond donors (Lipinski definition) is 1. The van der Waals surface area contributed by atoms with Gasteiger partial charge in [-0.15, -0.1) is 0 Å². The third-order valence-corrected chi connectivity index (χ3v) is 3.62. The molecule has 1 aliphatic heterocycles. The molecule has 1 N–H and O–H groups in total. The van der Waals surface area contributed by atoms with Crippen molar-refractivity contribution in [2.45, 2.75) is 12.6 Å². The number of pyridine rings is 2. The van der Waals surface area contributed by atoms with Crippen LogP contribution in [0.1, 0.15) is 27.8 Å². The normalized spacial score (nSPS) is 19.0. The molecule has 0 amide bonds. The van der Waals surface area contributed by atoms with Gasteiger partial charge in [0.2, 0.25) is 0 Å². The van der Waals surface area contributed by atoms with Gasteiger partial charge in [-0.25, -0.2) is 9.78 Å². The number of nitrogens with zero attached hydrogens (tertiary/aromatic N) is 3. The molecule has 6 heteroatoms. The van der Waals surface area contributed by atoms with Crippen LogP contribution in [-0.4, -0.2) is 45.6 Å². The molecule has 22 heavy (non-hydrogen) atoms. The number of rotatable bonds is 4. The van der Waals surface area contributed by atoms with Crippen LogP contribution in [0, 0.1) is 0 Å². The summed E-state index contributed by atoms with van der Waals surface area (Å²) in [6.07, 6.45) is 3.55. The minimum atomic E-state index is -1.00. The first kappa shape index (κ1) is 14.6. The maximum absolute atomic E-state index is 11.0. The topological polar surface area (TPSA) is 75.5 Å². The molecule has 0 saturated carbocycles. The largest absolute Gasteiger partial charge is 0.477 e. The van der Waals surface area contributed by atoms with E-state index in [4.69, 9.17) is 9.84 Å². The highest BCUT2D eigenvalue weighted by Gasteiger charge is 2.22. The van der Waals surface area contributed by atoms with E-state index in [9.17, 15) is 4.79 Å². The molecule has 0 spiro atoms. The van der Waals surface area contributed by atoms with Gasteiger partial charge in [0.05, 0.1) is 18.4 Å². The lowest BCUT2D eigenvalue weighted by Gasteiger charge is -2.32. The van der Waals surface area contributed by atoms with Gasteiger partial charge in [0.25, 0.3) is 0 Å². The number of ether oxygens (including phenoxy) is 1. The van der Waals surface area contributed by atoms with E-state index in [2.05, 4.69) is 14.9 Å². The first-order valence-electron chi connectivity index (χ1n) is 7.15. The number of hydrogen-bond acceptors (Lipinski definition) is 5. The Hall–Kier alpha value is -2.31. The predicted molar refractivity (Wildman–Crippen MR) is 79.4 cm³/mol. The van der Waals surface area contributed by atoms with E-state index in [-0.39, 0.29) is 11.8 Å². The number of carbonyl (C=O) groups is 1. The summed E-state index contributed by atoms with van der Waals surface area (Å²) in [7, 11) is 0. The van der Waals surface area contributed by atoms with Crippen molar-refractivity contribution in [2.24, 2.45) is 0 Å². The average molecular weight is 299 g/mol. The molecule has 3 heterocycles. The highest BCUT2D eigenvalue weighted by Crippen LogP contribution is 2.22. The first-order valence-corrected chi connectivity index (χ1v) is 7.15. The summed E-state index contributed by atoms with van der Waals surface area (Å²) in [5.74, 6) is -1.00. The Kier molecular flexibility index (Phi) is 4.41. The van der Waals surface area contributed by atoms with Crippen molar-refractivity contribution >= 4 is 5.97 Å². The molecule has 0 radical (unpaired) electrons. The molecule has 1 atom stereocenters. The van der Waals surface area contributed by atoms with Gasteiger partial charge in [0.1, 0.15) is 5.69 Å². The zero-order chi connectivity index (χ0) is 15.4. The molecule has 0 bridgehead atoms. The second-order valence-corrected chi connectivity index (χ2v) is 5.20. The van der Waals surface area contributed by atoms with Crippen LogP contribution in [0.2, 0.25) is 0 Å². The standard InChI is InChI=1S/C16H17N3O3/c20-16(21)14-5-1-4-13(18-14)10-19-7-8-22-15(11-19)12-3-2-6-17-9-12/h1-6,9,15H,7-8,10-11H2,(H,20,21). The maximum atomic E-state index is 11.0. The van der Waals surface area contributed by atoms with Crippen molar-refractivity contribution in [1.82, 2.24) is 14.9 Å². The molecular weight excluding hydrogens is 282 g/mol.